The maximum atomic E-state index is 12.5. The number of carbonyl (C=O) groups excluding carboxylic acids is 2. The van der Waals surface area contributed by atoms with Crippen LogP contribution in [-0.2, 0) is 16.0 Å². The molecule has 1 atom stereocenters. The molecule has 2 N–H and O–H groups in total. The molecule has 0 aromatic heterocycles. The summed E-state index contributed by atoms with van der Waals surface area (Å²) < 4.78 is 0. The van der Waals surface area contributed by atoms with Gasteiger partial charge in [-0.3, -0.25) is 9.59 Å². The van der Waals surface area contributed by atoms with Crippen LogP contribution in [-0.4, -0.2) is 29.5 Å². The number of anilines is 1. The zero-order chi connectivity index (χ0) is 17.1. The summed E-state index contributed by atoms with van der Waals surface area (Å²) in [5.74, 6) is -0.220. The number of hydrogen-bond acceptors (Lipinski definition) is 3. The Bertz CT molecular complexity index is 761. The van der Waals surface area contributed by atoms with Crippen LogP contribution in [0.15, 0.2) is 48.5 Å². The van der Waals surface area contributed by atoms with Crippen LogP contribution >= 0.6 is 11.6 Å². The SMILES string of the molecule is O=C(Cc1ccc(O)cc1)N[C@@H]1CCN(c2ccccc2Cl)C1=O. The number of para-hydroxylation sites is 1. The fourth-order valence-corrected chi connectivity index (χ4v) is 3.01. The van der Waals surface area contributed by atoms with Crippen molar-refractivity contribution in [2.75, 3.05) is 11.4 Å². The number of benzene rings is 2. The van der Waals surface area contributed by atoms with E-state index in [0.29, 0.717) is 23.7 Å². The maximum Gasteiger partial charge on any atom is 0.249 e. The second kappa shape index (κ2) is 6.93. The Labute approximate surface area is 144 Å². The fourth-order valence-electron chi connectivity index (χ4n) is 2.77. The highest BCUT2D eigenvalue weighted by Gasteiger charge is 2.34. The van der Waals surface area contributed by atoms with Gasteiger partial charge in [-0.1, -0.05) is 35.9 Å². The van der Waals surface area contributed by atoms with E-state index < -0.39 is 6.04 Å². The van der Waals surface area contributed by atoms with Crippen LogP contribution in [0.5, 0.6) is 5.75 Å². The molecule has 1 fully saturated rings. The molecule has 0 aliphatic carbocycles. The highest BCUT2D eigenvalue weighted by atomic mass is 35.5. The van der Waals surface area contributed by atoms with E-state index in [-0.39, 0.29) is 24.0 Å². The Morgan fingerprint density at radius 2 is 1.92 bits per heavy atom. The van der Waals surface area contributed by atoms with Crippen molar-refractivity contribution < 1.29 is 14.7 Å². The van der Waals surface area contributed by atoms with Crippen molar-refractivity contribution in [2.24, 2.45) is 0 Å². The molecule has 124 valence electrons. The lowest BCUT2D eigenvalue weighted by Gasteiger charge is -2.18. The van der Waals surface area contributed by atoms with E-state index in [4.69, 9.17) is 11.6 Å². The summed E-state index contributed by atoms with van der Waals surface area (Å²) in [6.07, 6.45) is 0.710. The molecule has 1 heterocycles. The highest BCUT2D eigenvalue weighted by Crippen LogP contribution is 2.29. The first-order valence-electron chi connectivity index (χ1n) is 7.68. The quantitative estimate of drug-likeness (QED) is 0.895. The lowest BCUT2D eigenvalue weighted by atomic mass is 10.1. The maximum absolute atomic E-state index is 12.5. The second-order valence-electron chi connectivity index (χ2n) is 5.69. The summed E-state index contributed by atoms with van der Waals surface area (Å²) in [6.45, 7) is 0.521. The van der Waals surface area contributed by atoms with Gasteiger partial charge in [-0.2, -0.15) is 0 Å². The topological polar surface area (TPSA) is 69.6 Å². The van der Waals surface area contributed by atoms with Crippen LogP contribution in [0.25, 0.3) is 0 Å². The molecular formula is C18H17ClN2O3. The van der Waals surface area contributed by atoms with Gasteiger partial charge in [0.05, 0.1) is 17.1 Å². The van der Waals surface area contributed by atoms with Crippen molar-refractivity contribution in [1.29, 1.82) is 0 Å². The molecule has 2 amide bonds. The van der Waals surface area contributed by atoms with Gasteiger partial charge in [0.15, 0.2) is 0 Å². The van der Waals surface area contributed by atoms with Gasteiger partial charge in [0.25, 0.3) is 0 Å². The minimum absolute atomic E-state index is 0.151. The van der Waals surface area contributed by atoms with Gasteiger partial charge in [-0.15, -0.1) is 0 Å². The van der Waals surface area contributed by atoms with Gasteiger partial charge < -0.3 is 15.3 Å². The lowest BCUT2D eigenvalue weighted by molar-refractivity contribution is -0.126. The van der Waals surface area contributed by atoms with Gasteiger partial charge in [0.1, 0.15) is 11.8 Å². The van der Waals surface area contributed by atoms with E-state index >= 15 is 0 Å². The molecule has 6 heteroatoms. The van der Waals surface area contributed by atoms with Crippen LogP contribution in [0.2, 0.25) is 5.02 Å². The standard InChI is InChI=1S/C18H17ClN2O3/c19-14-3-1-2-4-16(14)21-10-9-15(18(21)24)20-17(23)11-12-5-7-13(22)8-6-12/h1-8,15,22H,9-11H2,(H,20,23)/t15-/m1/s1. The minimum Gasteiger partial charge on any atom is -0.508 e. The van der Waals surface area contributed by atoms with Crippen molar-refractivity contribution in [2.45, 2.75) is 18.9 Å². The van der Waals surface area contributed by atoms with Crippen LogP contribution < -0.4 is 10.2 Å². The van der Waals surface area contributed by atoms with Crippen LogP contribution in [0, 0.1) is 0 Å². The Morgan fingerprint density at radius 3 is 2.62 bits per heavy atom. The molecule has 1 aliphatic heterocycles. The number of carbonyl (C=O) groups is 2. The summed E-state index contributed by atoms with van der Waals surface area (Å²) in [5, 5.41) is 12.5. The zero-order valence-corrected chi connectivity index (χ0v) is 13.7. The van der Waals surface area contributed by atoms with Gasteiger partial charge in [0, 0.05) is 6.54 Å². The number of hydrogen-bond donors (Lipinski definition) is 2. The third kappa shape index (κ3) is 3.51. The zero-order valence-electron chi connectivity index (χ0n) is 12.9. The summed E-state index contributed by atoms with van der Waals surface area (Å²) in [7, 11) is 0. The van der Waals surface area contributed by atoms with Crippen molar-refractivity contribution >= 4 is 29.1 Å². The predicted molar refractivity (Wildman–Crippen MR) is 92.2 cm³/mol. The number of phenolic OH excluding ortho intramolecular Hbond substituents is 1. The molecule has 3 rings (SSSR count). The molecule has 1 aliphatic rings. The average molecular weight is 345 g/mol. The summed E-state index contributed by atoms with van der Waals surface area (Å²) >= 11 is 6.14. The fraction of sp³-hybridized carbons (Fsp3) is 0.222. The van der Waals surface area contributed by atoms with Crippen LogP contribution in [0.3, 0.4) is 0 Å². The number of nitrogens with one attached hydrogen (secondary N) is 1. The number of phenols is 1. The first-order valence-corrected chi connectivity index (χ1v) is 8.05. The molecule has 5 nitrogen and oxygen atoms in total. The molecule has 0 bridgehead atoms. The van der Waals surface area contributed by atoms with Crippen molar-refractivity contribution in [3.05, 3.63) is 59.1 Å². The molecule has 2 aromatic rings. The molecule has 0 radical (unpaired) electrons. The number of nitrogens with zero attached hydrogens (tertiary/aromatic N) is 1. The second-order valence-corrected chi connectivity index (χ2v) is 6.10. The van der Waals surface area contributed by atoms with Crippen molar-refractivity contribution in [3.63, 3.8) is 0 Å². The van der Waals surface area contributed by atoms with E-state index in [9.17, 15) is 14.7 Å². The molecule has 2 aromatic carbocycles. The van der Waals surface area contributed by atoms with E-state index in [1.807, 2.05) is 12.1 Å². The van der Waals surface area contributed by atoms with Gasteiger partial charge in [-0.05, 0) is 36.2 Å². The van der Waals surface area contributed by atoms with Crippen LogP contribution in [0.4, 0.5) is 5.69 Å². The third-order valence-electron chi connectivity index (χ3n) is 3.98. The lowest BCUT2D eigenvalue weighted by Crippen LogP contribution is -2.42. The molecule has 1 saturated heterocycles. The highest BCUT2D eigenvalue weighted by molar-refractivity contribution is 6.34. The number of rotatable bonds is 4. The number of aromatic hydroxyl groups is 1. The van der Waals surface area contributed by atoms with Crippen molar-refractivity contribution in [1.82, 2.24) is 5.32 Å². The Morgan fingerprint density at radius 1 is 1.21 bits per heavy atom. The molecule has 0 saturated carbocycles. The summed E-state index contributed by atoms with van der Waals surface area (Å²) in [5.41, 5.74) is 1.44. The Balaban J connectivity index is 1.62. The monoisotopic (exact) mass is 344 g/mol. The first kappa shape index (κ1) is 16.3. The van der Waals surface area contributed by atoms with E-state index in [2.05, 4.69) is 5.32 Å². The van der Waals surface area contributed by atoms with E-state index in [1.165, 1.54) is 12.1 Å². The largest absolute Gasteiger partial charge is 0.508 e. The van der Waals surface area contributed by atoms with E-state index in [1.54, 1.807) is 29.2 Å². The third-order valence-corrected chi connectivity index (χ3v) is 4.30. The molecule has 0 unspecified atom stereocenters. The number of halogens is 1. The van der Waals surface area contributed by atoms with Gasteiger partial charge >= 0.3 is 0 Å². The molecular weight excluding hydrogens is 328 g/mol. The summed E-state index contributed by atoms with van der Waals surface area (Å²) in [6, 6.07) is 13.1. The Hall–Kier alpha value is -2.53. The normalized spacial score (nSPS) is 17.1. The minimum atomic E-state index is -0.536. The van der Waals surface area contributed by atoms with E-state index in [0.717, 1.165) is 5.56 Å². The molecule has 24 heavy (non-hydrogen) atoms. The van der Waals surface area contributed by atoms with Gasteiger partial charge in [0.2, 0.25) is 11.8 Å². The van der Waals surface area contributed by atoms with Crippen molar-refractivity contribution in [3.8, 4) is 5.75 Å². The number of amides is 2. The first-order chi connectivity index (χ1) is 11.5. The predicted octanol–water partition coefficient (Wildman–Crippen LogP) is 2.51. The Kier molecular flexibility index (Phi) is 4.71. The van der Waals surface area contributed by atoms with Gasteiger partial charge in [-0.25, -0.2) is 0 Å². The summed E-state index contributed by atoms with van der Waals surface area (Å²) in [4.78, 5) is 26.3. The van der Waals surface area contributed by atoms with Crippen LogP contribution in [0.1, 0.15) is 12.0 Å². The molecule has 0 spiro atoms. The average Bonchev–Trinajstić information content (AvgIpc) is 2.91. The smallest absolute Gasteiger partial charge is 0.249 e.